The third-order valence-electron chi connectivity index (χ3n) is 3.82. The van der Waals surface area contributed by atoms with Crippen molar-refractivity contribution < 1.29 is 4.79 Å². The van der Waals surface area contributed by atoms with Gasteiger partial charge in [0.15, 0.2) is 0 Å². The Hall–Kier alpha value is -1.85. The van der Waals surface area contributed by atoms with Gasteiger partial charge in [-0.05, 0) is 31.2 Å². The van der Waals surface area contributed by atoms with Crippen LogP contribution < -0.4 is 4.90 Å². The van der Waals surface area contributed by atoms with Crippen molar-refractivity contribution >= 4 is 34.9 Å². The van der Waals surface area contributed by atoms with E-state index in [1.807, 2.05) is 19.1 Å². The van der Waals surface area contributed by atoms with E-state index < -0.39 is 0 Å². The summed E-state index contributed by atoms with van der Waals surface area (Å²) in [5.74, 6) is 0.794. The largest absolute Gasteiger partial charge is 0.353 e. The number of hydrogen-bond donors (Lipinski definition) is 0. The molecule has 1 aliphatic rings. The van der Waals surface area contributed by atoms with Crippen LogP contribution >= 0.6 is 23.2 Å². The standard InChI is InChI=1S/C16H16Cl2N4O/c1-11-2-4-13(15(18)20-11)16(23)22-8-6-21(7-9-22)14-5-3-12(17)10-19-14/h2-5,10H,6-9H2,1H3. The van der Waals surface area contributed by atoms with Gasteiger partial charge in [0.1, 0.15) is 11.0 Å². The monoisotopic (exact) mass is 350 g/mol. The summed E-state index contributed by atoms with van der Waals surface area (Å²) in [6, 6.07) is 7.24. The lowest BCUT2D eigenvalue weighted by Crippen LogP contribution is -2.49. The Morgan fingerprint density at radius 2 is 1.83 bits per heavy atom. The molecule has 0 N–H and O–H groups in total. The van der Waals surface area contributed by atoms with Crippen LogP contribution in [-0.2, 0) is 0 Å². The van der Waals surface area contributed by atoms with Crippen molar-refractivity contribution in [1.82, 2.24) is 14.9 Å². The van der Waals surface area contributed by atoms with Crippen molar-refractivity contribution in [3.05, 3.63) is 51.9 Å². The Balaban J connectivity index is 1.66. The second-order valence-electron chi connectivity index (χ2n) is 5.40. The number of pyridine rings is 2. The molecule has 1 aliphatic heterocycles. The molecule has 7 heteroatoms. The second-order valence-corrected chi connectivity index (χ2v) is 6.20. The first-order valence-electron chi connectivity index (χ1n) is 7.33. The molecule has 2 aromatic heterocycles. The molecule has 0 unspecified atom stereocenters. The number of anilines is 1. The van der Waals surface area contributed by atoms with Gasteiger partial charge in [-0.3, -0.25) is 4.79 Å². The molecule has 0 atom stereocenters. The van der Waals surface area contributed by atoms with Gasteiger partial charge in [0.2, 0.25) is 0 Å². The van der Waals surface area contributed by atoms with Crippen LogP contribution in [0, 0.1) is 6.92 Å². The highest BCUT2D eigenvalue weighted by Gasteiger charge is 2.24. The molecule has 1 saturated heterocycles. The summed E-state index contributed by atoms with van der Waals surface area (Å²) >= 11 is 11.9. The highest BCUT2D eigenvalue weighted by molar-refractivity contribution is 6.32. The molecule has 23 heavy (non-hydrogen) atoms. The van der Waals surface area contributed by atoms with Crippen LogP contribution in [0.3, 0.4) is 0 Å². The Morgan fingerprint density at radius 3 is 2.43 bits per heavy atom. The number of aryl methyl sites for hydroxylation is 1. The summed E-state index contributed by atoms with van der Waals surface area (Å²) in [6.07, 6.45) is 1.63. The van der Waals surface area contributed by atoms with Crippen LogP contribution in [0.15, 0.2) is 30.5 Å². The lowest BCUT2D eigenvalue weighted by molar-refractivity contribution is 0.0746. The summed E-state index contributed by atoms with van der Waals surface area (Å²) in [4.78, 5) is 25.0. The molecule has 1 amide bonds. The van der Waals surface area contributed by atoms with Crippen LogP contribution in [0.5, 0.6) is 0 Å². The van der Waals surface area contributed by atoms with Gasteiger partial charge in [-0.15, -0.1) is 0 Å². The smallest absolute Gasteiger partial charge is 0.257 e. The minimum Gasteiger partial charge on any atom is -0.353 e. The van der Waals surface area contributed by atoms with E-state index in [9.17, 15) is 4.79 Å². The fourth-order valence-electron chi connectivity index (χ4n) is 2.55. The summed E-state index contributed by atoms with van der Waals surface area (Å²) in [7, 11) is 0. The highest BCUT2D eigenvalue weighted by atomic mass is 35.5. The molecular formula is C16H16Cl2N4O. The number of carbonyl (C=O) groups is 1. The molecule has 0 aliphatic carbocycles. The lowest BCUT2D eigenvalue weighted by atomic mass is 10.2. The molecule has 0 radical (unpaired) electrons. The van der Waals surface area contributed by atoms with E-state index >= 15 is 0 Å². The number of aromatic nitrogens is 2. The van der Waals surface area contributed by atoms with Gasteiger partial charge in [-0.25, -0.2) is 9.97 Å². The van der Waals surface area contributed by atoms with Gasteiger partial charge in [0, 0.05) is 38.1 Å². The quantitative estimate of drug-likeness (QED) is 0.781. The van der Waals surface area contributed by atoms with Crippen molar-refractivity contribution in [2.24, 2.45) is 0 Å². The fraction of sp³-hybridized carbons (Fsp3) is 0.312. The molecule has 1 fully saturated rings. The van der Waals surface area contributed by atoms with E-state index in [0.29, 0.717) is 23.7 Å². The number of amides is 1. The zero-order valence-electron chi connectivity index (χ0n) is 12.7. The maximum absolute atomic E-state index is 12.6. The van der Waals surface area contributed by atoms with E-state index in [1.165, 1.54) is 0 Å². The third kappa shape index (κ3) is 3.57. The first kappa shape index (κ1) is 16.0. The first-order valence-corrected chi connectivity index (χ1v) is 8.09. The van der Waals surface area contributed by atoms with Crippen molar-refractivity contribution in [3.63, 3.8) is 0 Å². The van der Waals surface area contributed by atoms with Crippen LogP contribution in [-0.4, -0.2) is 47.0 Å². The van der Waals surface area contributed by atoms with Crippen LogP contribution in [0.4, 0.5) is 5.82 Å². The molecule has 5 nitrogen and oxygen atoms in total. The molecule has 2 aromatic rings. The van der Waals surface area contributed by atoms with Gasteiger partial charge in [0.25, 0.3) is 5.91 Å². The Morgan fingerprint density at radius 1 is 1.09 bits per heavy atom. The average molecular weight is 351 g/mol. The summed E-state index contributed by atoms with van der Waals surface area (Å²) in [5, 5.41) is 0.876. The van der Waals surface area contributed by atoms with E-state index in [4.69, 9.17) is 23.2 Å². The van der Waals surface area contributed by atoms with E-state index in [1.54, 1.807) is 23.2 Å². The normalized spacial score (nSPS) is 14.9. The maximum Gasteiger partial charge on any atom is 0.257 e. The number of halogens is 2. The Labute approximate surface area is 144 Å². The number of rotatable bonds is 2. The van der Waals surface area contributed by atoms with Crippen molar-refractivity contribution in [2.75, 3.05) is 31.1 Å². The number of carbonyl (C=O) groups excluding carboxylic acids is 1. The lowest BCUT2D eigenvalue weighted by Gasteiger charge is -2.35. The van der Waals surface area contributed by atoms with E-state index in [-0.39, 0.29) is 11.1 Å². The molecule has 120 valence electrons. The molecule has 0 aromatic carbocycles. The van der Waals surface area contributed by atoms with E-state index in [2.05, 4.69) is 14.9 Å². The van der Waals surface area contributed by atoms with Gasteiger partial charge >= 0.3 is 0 Å². The molecule has 3 heterocycles. The molecule has 0 bridgehead atoms. The summed E-state index contributed by atoms with van der Waals surface area (Å²) in [6.45, 7) is 4.52. The van der Waals surface area contributed by atoms with Crippen molar-refractivity contribution in [2.45, 2.75) is 6.92 Å². The fourth-order valence-corrected chi connectivity index (χ4v) is 2.94. The topological polar surface area (TPSA) is 49.3 Å². The number of hydrogen-bond acceptors (Lipinski definition) is 4. The number of nitrogens with zero attached hydrogens (tertiary/aromatic N) is 4. The average Bonchev–Trinajstić information content (AvgIpc) is 2.55. The Kier molecular flexibility index (Phi) is 4.68. The zero-order valence-corrected chi connectivity index (χ0v) is 14.2. The summed E-state index contributed by atoms with van der Waals surface area (Å²) < 4.78 is 0. The van der Waals surface area contributed by atoms with Crippen LogP contribution in [0.1, 0.15) is 16.1 Å². The predicted octanol–water partition coefficient (Wildman–Crippen LogP) is 3.05. The summed E-state index contributed by atoms with van der Waals surface area (Å²) in [5.41, 5.74) is 1.25. The van der Waals surface area contributed by atoms with Crippen LogP contribution in [0.2, 0.25) is 10.2 Å². The predicted molar refractivity (Wildman–Crippen MR) is 91.3 cm³/mol. The zero-order chi connectivity index (χ0) is 16.4. The Bertz CT molecular complexity index is 713. The third-order valence-corrected chi connectivity index (χ3v) is 4.33. The minimum absolute atomic E-state index is 0.0776. The molecule has 0 spiro atoms. The van der Waals surface area contributed by atoms with Gasteiger partial charge in [0.05, 0.1) is 10.6 Å². The molecule has 0 saturated carbocycles. The van der Waals surface area contributed by atoms with Crippen molar-refractivity contribution in [1.29, 1.82) is 0 Å². The van der Waals surface area contributed by atoms with Gasteiger partial charge < -0.3 is 9.80 Å². The van der Waals surface area contributed by atoms with Crippen LogP contribution in [0.25, 0.3) is 0 Å². The highest BCUT2D eigenvalue weighted by Crippen LogP contribution is 2.19. The molecule has 3 rings (SSSR count). The minimum atomic E-state index is -0.0776. The van der Waals surface area contributed by atoms with Crippen molar-refractivity contribution in [3.8, 4) is 0 Å². The van der Waals surface area contributed by atoms with Gasteiger partial charge in [-0.1, -0.05) is 23.2 Å². The van der Waals surface area contributed by atoms with E-state index in [0.717, 1.165) is 24.6 Å². The molecular weight excluding hydrogens is 335 g/mol. The van der Waals surface area contributed by atoms with Gasteiger partial charge in [-0.2, -0.15) is 0 Å². The maximum atomic E-state index is 12.6. The first-order chi connectivity index (χ1) is 11.0. The SMILES string of the molecule is Cc1ccc(C(=O)N2CCN(c3ccc(Cl)cn3)CC2)c(Cl)n1. The number of piperazine rings is 1. The second kappa shape index (κ2) is 6.72.